The summed E-state index contributed by atoms with van der Waals surface area (Å²) in [6.45, 7) is 0. The number of para-hydroxylation sites is 3. The lowest BCUT2D eigenvalue weighted by Gasteiger charge is -2.14. The molecule has 0 radical (unpaired) electrons. The molecule has 0 saturated carbocycles. The van der Waals surface area contributed by atoms with E-state index < -0.39 is 0 Å². The predicted molar refractivity (Wildman–Crippen MR) is 252 cm³/mol. The molecule has 0 unspecified atom stereocenters. The Kier molecular flexibility index (Phi) is 8.42. The highest BCUT2D eigenvalue weighted by Crippen LogP contribution is 2.43. The first-order chi connectivity index (χ1) is 30.7. The van der Waals surface area contributed by atoms with Crippen LogP contribution >= 0.6 is 0 Å². The minimum absolute atomic E-state index is 0.557. The first kappa shape index (κ1) is 35.5. The van der Waals surface area contributed by atoms with Crippen molar-refractivity contribution in [1.82, 2.24) is 15.0 Å². The van der Waals surface area contributed by atoms with Crippen LogP contribution in [0.25, 0.3) is 123 Å². The van der Waals surface area contributed by atoms with Crippen molar-refractivity contribution in [3.8, 4) is 78.7 Å². The maximum absolute atomic E-state index is 6.65. The maximum atomic E-state index is 6.65. The Morgan fingerprint density at radius 3 is 1.55 bits per heavy atom. The van der Waals surface area contributed by atoms with Gasteiger partial charge in [0.15, 0.2) is 17.5 Å². The van der Waals surface area contributed by atoms with Crippen LogP contribution in [0.5, 0.6) is 0 Å². The zero-order chi connectivity index (χ0) is 41.0. The quantitative estimate of drug-likeness (QED) is 0.161. The summed E-state index contributed by atoms with van der Waals surface area (Å²) in [5.74, 6) is 1.73. The topological polar surface area (TPSA) is 65.0 Å². The van der Waals surface area contributed by atoms with E-state index in [0.717, 1.165) is 105 Å². The smallest absolute Gasteiger partial charge is 0.164 e. The number of rotatable bonds is 7. The molecule has 0 aliphatic rings. The van der Waals surface area contributed by atoms with Gasteiger partial charge in [0.05, 0.1) is 0 Å². The van der Waals surface area contributed by atoms with Crippen LogP contribution in [0.1, 0.15) is 0 Å². The van der Waals surface area contributed by atoms with Crippen LogP contribution in [0.4, 0.5) is 0 Å². The summed E-state index contributed by atoms with van der Waals surface area (Å²) < 4.78 is 13.1. The van der Waals surface area contributed by atoms with Crippen molar-refractivity contribution in [1.29, 1.82) is 0 Å². The van der Waals surface area contributed by atoms with Gasteiger partial charge in [0.25, 0.3) is 0 Å². The molecule has 0 bridgehead atoms. The average Bonchev–Trinajstić information content (AvgIpc) is 3.93. The molecule has 0 N–H and O–H groups in total. The number of aromatic nitrogens is 3. The van der Waals surface area contributed by atoms with E-state index in [1.165, 1.54) is 0 Å². The summed E-state index contributed by atoms with van der Waals surface area (Å²) in [6.07, 6.45) is 0. The summed E-state index contributed by atoms with van der Waals surface area (Å²) in [4.78, 5) is 16.0. The molecule has 0 atom stereocenters. The van der Waals surface area contributed by atoms with Gasteiger partial charge in [0.1, 0.15) is 22.3 Å². The fourth-order valence-electron chi connectivity index (χ4n) is 8.83. The molecule has 3 heterocycles. The highest BCUT2D eigenvalue weighted by Gasteiger charge is 2.21. The molecule has 12 aromatic rings. The van der Waals surface area contributed by atoms with Crippen molar-refractivity contribution >= 4 is 43.9 Å². The molecule has 5 heteroatoms. The van der Waals surface area contributed by atoms with Crippen LogP contribution in [0.15, 0.2) is 221 Å². The van der Waals surface area contributed by atoms with E-state index in [9.17, 15) is 0 Å². The predicted octanol–water partition coefficient (Wildman–Crippen LogP) is 15.3. The molecule has 0 saturated heterocycles. The largest absolute Gasteiger partial charge is 0.456 e. The highest BCUT2D eigenvalue weighted by atomic mass is 16.3. The Morgan fingerprint density at radius 1 is 0.258 bits per heavy atom. The van der Waals surface area contributed by atoms with Gasteiger partial charge in [0, 0.05) is 43.8 Å². The zero-order valence-electron chi connectivity index (χ0n) is 33.4. The van der Waals surface area contributed by atoms with Crippen LogP contribution in [0.2, 0.25) is 0 Å². The van der Waals surface area contributed by atoms with Gasteiger partial charge in [-0.2, -0.15) is 0 Å². The van der Waals surface area contributed by atoms with Gasteiger partial charge >= 0.3 is 0 Å². The molecular formula is C57H35N3O2. The highest BCUT2D eigenvalue weighted by molar-refractivity contribution is 6.13. The van der Waals surface area contributed by atoms with Crippen LogP contribution < -0.4 is 0 Å². The molecule has 290 valence electrons. The molecule has 12 rings (SSSR count). The zero-order valence-corrected chi connectivity index (χ0v) is 33.4. The third-order valence-electron chi connectivity index (χ3n) is 11.7. The molecular weight excluding hydrogens is 759 g/mol. The van der Waals surface area contributed by atoms with Crippen molar-refractivity contribution in [3.63, 3.8) is 0 Å². The van der Waals surface area contributed by atoms with E-state index in [2.05, 4.69) is 164 Å². The molecule has 0 spiro atoms. The standard InChI is InChI=1S/C57H35N3O2/c1-3-16-36(17-4-1)38-20-13-21-39(32-38)55-58-56(60-57(59-55)48-24-8-7-22-43(48)37-18-5-2-6-19-37)42-34-40(44-26-15-31-52-53(44)49-25-10-12-30-51(49)61-52)33-41(35-42)45-27-14-28-47-46-23-9-11-29-50(46)62-54(45)47/h1-35H. The minimum atomic E-state index is 0.557. The number of benzene rings is 9. The number of furan rings is 2. The van der Waals surface area contributed by atoms with Crippen LogP contribution in [0, 0.1) is 0 Å². The second-order valence-corrected chi connectivity index (χ2v) is 15.5. The fourth-order valence-corrected chi connectivity index (χ4v) is 8.83. The Labute approximate surface area is 357 Å². The van der Waals surface area contributed by atoms with Gasteiger partial charge in [-0.25, -0.2) is 15.0 Å². The number of hydrogen-bond donors (Lipinski definition) is 0. The van der Waals surface area contributed by atoms with Crippen molar-refractivity contribution in [2.75, 3.05) is 0 Å². The third-order valence-corrected chi connectivity index (χ3v) is 11.7. The Morgan fingerprint density at radius 2 is 0.742 bits per heavy atom. The molecule has 5 nitrogen and oxygen atoms in total. The Bertz CT molecular complexity index is 3640. The van der Waals surface area contributed by atoms with Gasteiger partial charge in [-0.15, -0.1) is 0 Å². The van der Waals surface area contributed by atoms with Crippen molar-refractivity contribution in [3.05, 3.63) is 212 Å². The summed E-state index contributed by atoms with van der Waals surface area (Å²) in [7, 11) is 0. The van der Waals surface area contributed by atoms with Gasteiger partial charge in [-0.05, 0) is 81.4 Å². The van der Waals surface area contributed by atoms with E-state index in [4.69, 9.17) is 23.8 Å². The van der Waals surface area contributed by atoms with Gasteiger partial charge in [0.2, 0.25) is 0 Å². The van der Waals surface area contributed by atoms with E-state index in [1.54, 1.807) is 0 Å². The van der Waals surface area contributed by atoms with Crippen molar-refractivity contribution in [2.24, 2.45) is 0 Å². The molecule has 3 aromatic heterocycles. The number of hydrogen-bond acceptors (Lipinski definition) is 5. The lowest BCUT2D eigenvalue weighted by atomic mass is 9.92. The molecule has 0 amide bonds. The van der Waals surface area contributed by atoms with Gasteiger partial charge < -0.3 is 8.83 Å². The normalized spacial score (nSPS) is 11.5. The van der Waals surface area contributed by atoms with Crippen LogP contribution in [0.3, 0.4) is 0 Å². The Balaban J connectivity index is 1.13. The maximum Gasteiger partial charge on any atom is 0.164 e. The molecule has 0 fully saturated rings. The average molecular weight is 794 g/mol. The Hall–Kier alpha value is -8.41. The lowest BCUT2D eigenvalue weighted by Crippen LogP contribution is -2.01. The second kappa shape index (κ2) is 14.7. The van der Waals surface area contributed by atoms with E-state index in [-0.39, 0.29) is 0 Å². The molecule has 62 heavy (non-hydrogen) atoms. The number of nitrogens with zero attached hydrogens (tertiary/aromatic N) is 3. The minimum Gasteiger partial charge on any atom is -0.456 e. The van der Waals surface area contributed by atoms with Crippen LogP contribution in [-0.4, -0.2) is 15.0 Å². The molecule has 9 aromatic carbocycles. The first-order valence-corrected chi connectivity index (χ1v) is 20.8. The van der Waals surface area contributed by atoms with Gasteiger partial charge in [-0.1, -0.05) is 170 Å². The fraction of sp³-hybridized carbons (Fsp3) is 0. The van der Waals surface area contributed by atoms with E-state index >= 15 is 0 Å². The first-order valence-electron chi connectivity index (χ1n) is 20.8. The van der Waals surface area contributed by atoms with Crippen molar-refractivity contribution in [2.45, 2.75) is 0 Å². The van der Waals surface area contributed by atoms with E-state index in [0.29, 0.717) is 17.5 Å². The van der Waals surface area contributed by atoms with Crippen LogP contribution in [-0.2, 0) is 0 Å². The second-order valence-electron chi connectivity index (χ2n) is 15.5. The monoisotopic (exact) mass is 793 g/mol. The summed E-state index contributed by atoms with van der Waals surface area (Å²) in [6, 6.07) is 73.3. The summed E-state index contributed by atoms with van der Waals surface area (Å²) in [5.41, 5.74) is 14.3. The lowest BCUT2D eigenvalue weighted by molar-refractivity contribution is 0.669. The summed E-state index contributed by atoms with van der Waals surface area (Å²) >= 11 is 0. The van der Waals surface area contributed by atoms with Crippen molar-refractivity contribution < 1.29 is 8.83 Å². The summed E-state index contributed by atoms with van der Waals surface area (Å²) in [5, 5.41) is 4.26. The number of fused-ring (bicyclic) bond motifs is 6. The molecule has 0 aliphatic carbocycles. The third kappa shape index (κ3) is 6.14. The SMILES string of the molecule is c1ccc(-c2cccc(-c3nc(-c4cc(-c5cccc6c5oc5ccccc56)cc(-c5cccc6oc7ccccc7c56)c4)nc(-c4ccccc4-c4ccccc4)n3)c2)cc1. The van der Waals surface area contributed by atoms with E-state index in [1.807, 2.05) is 48.5 Å². The molecule has 0 aliphatic heterocycles. The van der Waals surface area contributed by atoms with Gasteiger partial charge in [-0.3, -0.25) is 0 Å².